The number of nitrogens with one attached hydrogen (secondary N) is 1. The molecule has 1 fully saturated rings. The van der Waals surface area contributed by atoms with Crippen molar-refractivity contribution in [2.75, 3.05) is 13.1 Å². The number of carbonyl (C=O) groups is 1. The Morgan fingerprint density at radius 1 is 1.57 bits per heavy atom. The zero-order chi connectivity index (χ0) is 11.0. The van der Waals surface area contributed by atoms with E-state index in [0.717, 1.165) is 13.0 Å². The highest BCUT2D eigenvalue weighted by Crippen LogP contribution is 2.41. The van der Waals surface area contributed by atoms with Crippen LogP contribution < -0.4 is 5.32 Å². The van der Waals surface area contributed by atoms with Crippen molar-refractivity contribution in [3.05, 3.63) is 0 Å². The molecule has 0 aromatic carbocycles. The molecule has 0 radical (unpaired) electrons. The molecule has 0 amide bonds. The molecule has 0 aliphatic carbocycles. The van der Waals surface area contributed by atoms with Gasteiger partial charge in [0.25, 0.3) is 0 Å². The number of carboxylic acid groups (broad SMARTS) is 1. The molecule has 3 heteroatoms. The fourth-order valence-electron chi connectivity index (χ4n) is 2.65. The maximum absolute atomic E-state index is 11.1. The summed E-state index contributed by atoms with van der Waals surface area (Å²) >= 11 is 0. The van der Waals surface area contributed by atoms with Gasteiger partial charge in [-0.3, -0.25) is 4.79 Å². The van der Waals surface area contributed by atoms with Gasteiger partial charge in [-0.2, -0.15) is 0 Å². The van der Waals surface area contributed by atoms with E-state index in [9.17, 15) is 4.79 Å². The van der Waals surface area contributed by atoms with Crippen molar-refractivity contribution < 1.29 is 9.90 Å². The summed E-state index contributed by atoms with van der Waals surface area (Å²) in [4.78, 5) is 11.1. The summed E-state index contributed by atoms with van der Waals surface area (Å²) in [6, 6.07) is 0. The van der Waals surface area contributed by atoms with E-state index in [1.54, 1.807) is 0 Å². The predicted molar refractivity (Wildman–Crippen MR) is 56.2 cm³/mol. The Morgan fingerprint density at radius 3 is 2.57 bits per heavy atom. The van der Waals surface area contributed by atoms with Crippen LogP contribution in [0.15, 0.2) is 0 Å². The van der Waals surface area contributed by atoms with Crippen LogP contribution in [0.2, 0.25) is 0 Å². The lowest BCUT2D eigenvalue weighted by Gasteiger charge is -2.34. The van der Waals surface area contributed by atoms with E-state index in [4.69, 9.17) is 5.11 Å². The summed E-state index contributed by atoms with van der Waals surface area (Å²) in [5, 5.41) is 12.3. The normalized spacial score (nSPS) is 33.3. The highest BCUT2D eigenvalue weighted by Gasteiger charge is 2.45. The molecule has 1 aliphatic rings. The number of hydrogen-bond donors (Lipinski definition) is 2. The van der Waals surface area contributed by atoms with Crippen LogP contribution in [-0.4, -0.2) is 24.2 Å². The highest BCUT2D eigenvalue weighted by molar-refractivity contribution is 5.71. The second-order valence-corrected chi connectivity index (χ2v) is 5.91. The first-order valence-electron chi connectivity index (χ1n) is 5.18. The van der Waals surface area contributed by atoms with Gasteiger partial charge in [-0.05, 0) is 17.3 Å². The average Bonchev–Trinajstić information content (AvgIpc) is 2.26. The van der Waals surface area contributed by atoms with E-state index in [1.807, 2.05) is 0 Å². The summed E-state index contributed by atoms with van der Waals surface area (Å²) in [5.41, 5.74) is 0.0958. The molecule has 1 heterocycles. The quantitative estimate of drug-likeness (QED) is 0.712. The number of carboxylic acids is 1. The van der Waals surface area contributed by atoms with Crippen molar-refractivity contribution in [1.29, 1.82) is 0 Å². The Bertz CT molecular complexity index is 232. The van der Waals surface area contributed by atoms with Gasteiger partial charge < -0.3 is 10.4 Å². The number of hydrogen-bond acceptors (Lipinski definition) is 2. The molecule has 1 aliphatic heterocycles. The topological polar surface area (TPSA) is 49.3 Å². The molecule has 0 saturated carbocycles. The number of aliphatic carboxylic acids is 1. The van der Waals surface area contributed by atoms with Crippen LogP contribution in [0.25, 0.3) is 0 Å². The van der Waals surface area contributed by atoms with Crippen molar-refractivity contribution in [2.45, 2.75) is 34.1 Å². The van der Waals surface area contributed by atoms with Gasteiger partial charge in [-0.25, -0.2) is 0 Å². The zero-order valence-electron chi connectivity index (χ0n) is 9.55. The fourth-order valence-corrected chi connectivity index (χ4v) is 2.65. The van der Waals surface area contributed by atoms with E-state index in [-0.39, 0.29) is 16.7 Å². The van der Waals surface area contributed by atoms with Crippen LogP contribution in [0.1, 0.15) is 34.1 Å². The van der Waals surface area contributed by atoms with Crippen molar-refractivity contribution in [2.24, 2.45) is 16.7 Å². The molecular weight excluding hydrogens is 178 g/mol. The van der Waals surface area contributed by atoms with Crippen LogP contribution in [0, 0.1) is 16.7 Å². The van der Waals surface area contributed by atoms with Crippen LogP contribution >= 0.6 is 0 Å². The lowest BCUT2D eigenvalue weighted by molar-refractivity contribution is -0.144. The predicted octanol–water partition coefficient (Wildman–Crippen LogP) is 1.73. The minimum atomic E-state index is -0.665. The van der Waals surface area contributed by atoms with Crippen LogP contribution in [0.5, 0.6) is 0 Å². The minimum Gasteiger partial charge on any atom is -0.481 e. The van der Waals surface area contributed by atoms with Gasteiger partial charge in [0.05, 0.1) is 5.92 Å². The first-order valence-corrected chi connectivity index (χ1v) is 5.18. The Kier molecular flexibility index (Phi) is 2.91. The first-order chi connectivity index (χ1) is 6.25. The van der Waals surface area contributed by atoms with Gasteiger partial charge in [-0.1, -0.05) is 27.7 Å². The molecule has 1 rings (SSSR count). The molecule has 2 atom stereocenters. The molecule has 0 aromatic rings. The third-order valence-corrected chi connectivity index (χ3v) is 2.95. The van der Waals surface area contributed by atoms with Crippen molar-refractivity contribution >= 4 is 5.97 Å². The Hall–Kier alpha value is -0.570. The van der Waals surface area contributed by atoms with Gasteiger partial charge in [0.2, 0.25) is 0 Å². The van der Waals surface area contributed by atoms with E-state index in [0.29, 0.717) is 6.54 Å². The van der Waals surface area contributed by atoms with Crippen LogP contribution in [-0.2, 0) is 4.79 Å². The van der Waals surface area contributed by atoms with Crippen molar-refractivity contribution in [1.82, 2.24) is 5.32 Å². The molecule has 0 spiro atoms. The molecule has 3 nitrogen and oxygen atoms in total. The molecule has 2 N–H and O–H groups in total. The molecule has 0 bridgehead atoms. The summed E-state index contributed by atoms with van der Waals surface area (Å²) < 4.78 is 0. The SMILES string of the molecule is CC(C)(C)CC1(C)CNCC1C(=O)O. The van der Waals surface area contributed by atoms with E-state index in [2.05, 4.69) is 33.0 Å². The Morgan fingerprint density at radius 2 is 2.14 bits per heavy atom. The second-order valence-electron chi connectivity index (χ2n) is 5.91. The standard InChI is InChI=1S/C11H21NO2/c1-10(2,3)6-11(4)7-12-5-8(11)9(13)14/h8,12H,5-7H2,1-4H3,(H,13,14). The summed E-state index contributed by atoms with van der Waals surface area (Å²) in [7, 11) is 0. The van der Waals surface area contributed by atoms with Crippen molar-refractivity contribution in [3.8, 4) is 0 Å². The van der Waals surface area contributed by atoms with E-state index >= 15 is 0 Å². The zero-order valence-corrected chi connectivity index (χ0v) is 9.55. The van der Waals surface area contributed by atoms with E-state index < -0.39 is 5.97 Å². The molecule has 1 saturated heterocycles. The summed E-state index contributed by atoms with van der Waals surface area (Å²) in [6.45, 7) is 10.0. The van der Waals surface area contributed by atoms with Gasteiger partial charge in [0.1, 0.15) is 0 Å². The fraction of sp³-hybridized carbons (Fsp3) is 0.909. The van der Waals surface area contributed by atoms with Crippen LogP contribution in [0.4, 0.5) is 0 Å². The minimum absolute atomic E-state index is 0.0932. The monoisotopic (exact) mass is 199 g/mol. The summed E-state index contributed by atoms with van der Waals surface area (Å²) in [5.74, 6) is -0.900. The van der Waals surface area contributed by atoms with Gasteiger partial charge in [-0.15, -0.1) is 0 Å². The van der Waals surface area contributed by atoms with Gasteiger partial charge >= 0.3 is 5.97 Å². The molecule has 2 unspecified atom stereocenters. The average molecular weight is 199 g/mol. The van der Waals surface area contributed by atoms with Crippen molar-refractivity contribution in [3.63, 3.8) is 0 Å². The lowest BCUT2D eigenvalue weighted by Crippen LogP contribution is -2.35. The van der Waals surface area contributed by atoms with Gasteiger partial charge in [0.15, 0.2) is 0 Å². The van der Waals surface area contributed by atoms with Gasteiger partial charge in [0, 0.05) is 13.1 Å². The second kappa shape index (κ2) is 3.54. The Labute approximate surface area is 85.9 Å². The third kappa shape index (κ3) is 2.47. The smallest absolute Gasteiger partial charge is 0.308 e. The Balaban J connectivity index is 2.76. The summed E-state index contributed by atoms with van der Waals surface area (Å²) in [6.07, 6.45) is 0.948. The lowest BCUT2D eigenvalue weighted by atomic mass is 9.69. The maximum atomic E-state index is 11.1. The third-order valence-electron chi connectivity index (χ3n) is 2.95. The van der Waals surface area contributed by atoms with Crippen LogP contribution in [0.3, 0.4) is 0 Å². The van der Waals surface area contributed by atoms with E-state index in [1.165, 1.54) is 0 Å². The highest BCUT2D eigenvalue weighted by atomic mass is 16.4. The first kappa shape index (κ1) is 11.5. The number of rotatable bonds is 2. The molecule has 82 valence electrons. The largest absolute Gasteiger partial charge is 0.481 e. The molecule has 14 heavy (non-hydrogen) atoms. The maximum Gasteiger partial charge on any atom is 0.308 e. The molecular formula is C11H21NO2. The molecule has 0 aromatic heterocycles.